The van der Waals surface area contributed by atoms with Gasteiger partial charge in [-0.25, -0.2) is 4.39 Å². The largest absolute Gasteiger partial charge is 0.334 e. The van der Waals surface area contributed by atoms with E-state index < -0.39 is 5.67 Å². The Labute approximate surface area is 141 Å². The van der Waals surface area contributed by atoms with Gasteiger partial charge in [-0.05, 0) is 23.6 Å². The van der Waals surface area contributed by atoms with Gasteiger partial charge in [-0.3, -0.25) is 4.79 Å². The molecule has 3 aromatic rings. The molecule has 1 aliphatic rings. The molecule has 5 nitrogen and oxygen atoms in total. The van der Waals surface area contributed by atoms with Gasteiger partial charge in [-0.1, -0.05) is 29.4 Å². The minimum absolute atomic E-state index is 0.00262. The Morgan fingerprint density at radius 1 is 1.25 bits per heavy atom. The molecule has 0 spiro atoms. The maximum absolute atomic E-state index is 15.3. The van der Waals surface area contributed by atoms with E-state index in [9.17, 15) is 4.79 Å². The van der Waals surface area contributed by atoms with Crippen LogP contribution in [-0.4, -0.2) is 34.0 Å². The molecule has 1 fully saturated rings. The fourth-order valence-electron chi connectivity index (χ4n) is 2.79. The summed E-state index contributed by atoms with van der Waals surface area (Å²) in [6.07, 6.45) is 0.165. The molecule has 3 heterocycles. The average molecular weight is 343 g/mol. The molecule has 24 heavy (non-hydrogen) atoms. The first-order valence-corrected chi connectivity index (χ1v) is 8.45. The van der Waals surface area contributed by atoms with Gasteiger partial charge in [0, 0.05) is 18.5 Å². The van der Waals surface area contributed by atoms with Gasteiger partial charge in [-0.15, -0.1) is 11.3 Å². The maximum Gasteiger partial charge on any atom is 0.264 e. The van der Waals surface area contributed by atoms with Crippen LogP contribution in [-0.2, 0) is 5.67 Å². The van der Waals surface area contributed by atoms with Crippen molar-refractivity contribution in [2.75, 3.05) is 13.1 Å². The molecule has 0 radical (unpaired) electrons. The summed E-state index contributed by atoms with van der Waals surface area (Å²) < 4.78 is 20.4. The zero-order valence-corrected chi connectivity index (χ0v) is 13.5. The first kappa shape index (κ1) is 15.0. The van der Waals surface area contributed by atoms with Crippen molar-refractivity contribution in [1.82, 2.24) is 15.0 Å². The van der Waals surface area contributed by atoms with Gasteiger partial charge in [0.25, 0.3) is 11.8 Å². The summed E-state index contributed by atoms with van der Waals surface area (Å²) in [5.41, 5.74) is -1.03. The molecule has 1 atom stereocenters. The smallest absolute Gasteiger partial charge is 0.264 e. The van der Waals surface area contributed by atoms with Crippen molar-refractivity contribution in [3.05, 3.63) is 58.5 Å². The summed E-state index contributed by atoms with van der Waals surface area (Å²) in [7, 11) is 0. The van der Waals surface area contributed by atoms with E-state index in [1.165, 1.54) is 16.2 Å². The van der Waals surface area contributed by atoms with E-state index in [-0.39, 0.29) is 30.6 Å². The van der Waals surface area contributed by atoms with E-state index >= 15 is 4.39 Å². The lowest BCUT2D eigenvalue weighted by Crippen LogP contribution is -2.32. The third-order valence-corrected chi connectivity index (χ3v) is 4.94. The van der Waals surface area contributed by atoms with Crippen LogP contribution in [0.25, 0.3) is 11.5 Å². The number of alkyl halides is 1. The van der Waals surface area contributed by atoms with Crippen LogP contribution in [0.15, 0.2) is 52.4 Å². The van der Waals surface area contributed by atoms with Crippen LogP contribution in [0.1, 0.15) is 21.9 Å². The zero-order valence-electron chi connectivity index (χ0n) is 12.7. The van der Waals surface area contributed by atoms with Crippen LogP contribution in [0.3, 0.4) is 0 Å². The van der Waals surface area contributed by atoms with Gasteiger partial charge in [0.1, 0.15) is 0 Å². The van der Waals surface area contributed by atoms with Crippen molar-refractivity contribution < 1.29 is 13.7 Å². The number of likely N-dealkylation sites (tertiary alicyclic amines) is 1. The number of carbonyl (C=O) groups excluding carboxylic acids is 1. The fraction of sp³-hybridized carbons (Fsp3) is 0.235. The molecular formula is C17H14FN3O2S. The summed E-state index contributed by atoms with van der Waals surface area (Å²) in [6.45, 7) is 0.278. The number of carbonyl (C=O) groups is 1. The predicted octanol–water partition coefficient (Wildman–Crippen LogP) is 3.51. The highest BCUT2D eigenvalue weighted by molar-refractivity contribution is 7.12. The van der Waals surface area contributed by atoms with Crippen LogP contribution in [0.4, 0.5) is 4.39 Å². The Bertz CT molecular complexity index is 850. The number of aromatic nitrogens is 2. The normalized spacial score (nSPS) is 20.5. The van der Waals surface area contributed by atoms with Crippen molar-refractivity contribution in [3.8, 4) is 11.5 Å². The molecule has 1 amide bonds. The molecule has 0 aliphatic carbocycles. The SMILES string of the molecule is O=C(c1cccs1)N1CCC(F)(c2noc(-c3ccccc3)n2)C1. The molecule has 0 bridgehead atoms. The van der Waals surface area contributed by atoms with Crippen molar-refractivity contribution in [2.45, 2.75) is 12.1 Å². The van der Waals surface area contributed by atoms with Crippen LogP contribution in [0.2, 0.25) is 0 Å². The lowest BCUT2D eigenvalue weighted by atomic mass is 10.1. The molecule has 1 unspecified atom stereocenters. The summed E-state index contributed by atoms with van der Waals surface area (Å²) in [6, 6.07) is 12.8. The first-order chi connectivity index (χ1) is 11.7. The Morgan fingerprint density at radius 2 is 2.08 bits per heavy atom. The van der Waals surface area contributed by atoms with E-state index in [1.54, 1.807) is 6.07 Å². The quantitative estimate of drug-likeness (QED) is 0.730. The first-order valence-electron chi connectivity index (χ1n) is 7.57. The number of hydrogen-bond acceptors (Lipinski definition) is 5. The molecule has 122 valence electrons. The molecular weight excluding hydrogens is 329 g/mol. The second-order valence-corrected chi connectivity index (χ2v) is 6.66. The average Bonchev–Trinajstić information content (AvgIpc) is 3.36. The van der Waals surface area contributed by atoms with Crippen LogP contribution in [0, 0.1) is 0 Å². The maximum atomic E-state index is 15.3. The number of halogens is 1. The van der Waals surface area contributed by atoms with Gasteiger partial charge in [0.05, 0.1) is 11.4 Å². The number of nitrogens with zero attached hydrogens (tertiary/aromatic N) is 3. The number of rotatable bonds is 3. The Hall–Kier alpha value is -2.54. The molecule has 4 rings (SSSR count). The Balaban J connectivity index is 1.55. The van der Waals surface area contributed by atoms with Gasteiger partial charge in [0.2, 0.25) is 5.82 Å². The minimum atomic E-state index is -1.77. The van der Waals surface area contributed by atoms with E-state index in [4.69, 9.17) is 4.52 Å². The third kappa shape index (κ3) is 2.60. The standard InChI is InChI=1S/C17H14FN3O2S/c18-17(8-9-21(11-17)15(22)13-7-4-10-24-13)16-19-14(23-20-16)12-5-2-1-3-6-12/h1-7,10H,8-9,11H2. The summed E-state index contributed by atoms with van der Waals surface area (Å²) in [5, 5.41) is 5.64. The lowest BCUT2D eigenvalue weighted by molar-refractivity contribution is 0.0747. The molecule has 1 saturated heterocycles. The number of thiophene rings is 1. The topological polar surface area (TPSA) is 59.2 Å². The highest BCUT2D eigenvalue weighted by atomic mass is 32.1. The third-order valence-electron chi connectivity index (χ3n) is 4.09. The molecule has 7 heteroatoms. The van der Waals surface area contributed by atoms with Crippen molar-refractivity contribution in [1.29, 1.82) is 0 Å². The van der Waals surface area contributed by atoms with Crippen molar-refractivity contribution >= 4 is 17.2 Å². The van der Waals surface area contributed by atoms with E-state index in [2.05, 4.69) is 10.1 Å². The highest BCUT2D eigenvalue weighted by Crippen LogP contribution is 2.36. The van der Waals surface area contributed by atoms with Crippen molar-refractivity contribution in [3.63, 3.8) is 0 Å². The minimum Gasteiger partial charge on any atom is -0.334 e. The van der Waals surface area contributed by atoms with E-state index in [0.29, 0.717) is 11.4 Å². The second kappa shape index (κ2) is 5.83. The molecule has 1 aliphatic heterocycles. The Kier molecular flexibility index (Phi) is 3.65. The Morgan fingerprint density at radius 3 is 2.83 bits per heavy atom. The predicted molar refractivity (Wildman–Crippen MR) is 87.4 cm³/mol. The second-order valence-electron chi connectivity index (χ2n) is 5.71. The summed E-state index contributed by atoms with van der Waals surface area (Å²) >= 11 is 1.35. The number of amides is 1. The highest BCUT2D eigenvalue weighted by Gasteiger charge is 2.45. The van der Waals surface area contributed by atoms with E-state index in [1.807, 2.05) is 41.8 Å². The lowest BCUT2D eigenvalue weighted by Gasteiger charge is -2.17. The van der Waals surface area contributed by atoms with Gasteiger partial charge in [-0.2, -0.15) is 4.98 Å². The summed E-state index contributed by atoms with van der Waals surface area (Å²) in [4.78, 5) is 18.7. The van der Waals surface area contributed by atoms with Gasteiger partial charge >= 0.3 is 0 Å². The number of benzene rings is 1. The number of hydrogen-bond donors (Lipinski definition) is 0. The zero-order chi connectivity index (χ0) is 16.6. The molecule has 0 N–H and O–H groups in total. The van der Waals surface area contributed by atoms with Crippen molar-refractivity contribution in [2.24, 2.45) is 0 Å². The molecule has 2 aromatic heterocycles. The van der Waals surface area contributed by atoms with Gasteiger partial charge in [0.15, 0.2) is 5.67 Å². The summed E-state index contributed by atoms with van der Waals surface area (Å²) in [5.74, 6) is 0.129. The fourth-order valence-corrected chi connectivity index (χ4v) is 3.48. The van der Waals surface area contributed by atoms with E-state index in [0.717, 1.165) is 5.56 Å². The van der Waals surface area contributed by atoms with Crippen LogP contribution >= 0.6 is 11.3 Å². The molecule has 0 saturated carbocycles. The monoisotopic (exact) mass is 343 g/mol. The molecule has 1 aromatic carbocycles. The van der Waals surface area contributed by atoms with Crippen LogP contribution < -0.4 is 0 Å². The van der Waals surface area contributed by atoms with Gasteiger partial charge < -0.3 is 9.42 Å². The van der Waals surface area contributed by atoms with Crippen LogP contribution in [0.5, 0.6) is 0 Å².